The van der Waals surface area contributed by atoms with Crippen molar-refractivity contribution in [2.45, 2.75) is 12.0 Å². The van der Waals surface area contributed by atoms with Gasteiger partial charge in [0.2, 0.25) is 10.6 Å². The van der Waals surface area contributed by atoms with Crippen LogP contribution in [-0.4, -0.2) is 50.4 Å². The molecule has 0 saturated carbocycles. The number of rotatable bonds is 2. The molecule has 2 aromatic rings. The number of amides is 2. The average Bonchev–Trinajstić information content (AvgIpc) is 3.16. The van der Waals surface area contributed by atoms with Crippen molar-refractivity contribution in [3.63, 3.8) is 0 Å². The number of benzene rings is 1. The van der Waals surface area contributed by atoms with E-state index in [4.69, 9.17) is 5.73 Å². The Morgan fingerprint density at radius 1 is 1.52 bits per heavy atom. The quantitative estimate of drug-likeness (QED) is 0.753. The first-order chi connectivity index (χ1) is 11.8. The average molecular weight is 360 g/mol. The molecule has 1 aliphatic heterocycles. The van der Waals surface area contributed by atoms with E-state index in [1.54, 1.807) is 7.05 Å². The van der Waals surface area contributed by atoms with Gasteiger partial charge in [-0.25, -0.2) is 9.37 Å². The number of nitrogens with zero attached hydrogens (tertiary/aromatic N) is 3. The summed E-state index contributed by atoms with van der Waals surface area (Å²) in [6.45, 7) is 0.414. The fraction of sp³-hybridized carbons (Fsp3) is 0.250. The first kappa shape index (κ1) is 17.0. The summed E-state index contributed by atoms with van der Waals surface area (Å²) in [5, 5.41) is 10.3. The van der Waals surface area contributed by atoms with Crippen LogP contribution in [0.25, 0.3) is 11.4 Å². The number of aliphatic hydroxyl groups is 1. The largest absolute Gasteiger partial charge is 0.369 e. The Morgan fingerprint density at radius 3 is 2.88 bits per heavy atom. The molecule has 9 heteroatoms. The van der Waals surface area contributed by atoms with Gasteiger partial charge in [0.25, 0.3) is 11.8 Å². The van der Waals surface area contributed by atoms with Crippen LogP contribution >= 0.6 is 11.5 Å². The highest BCUT2D eigenvalue weighted by molar-refractivity contribution is 7.07. The first-order valence-electron chi connectivity index (χ1n) is 7.25. The minimum absolute atomic E-state index is 0.0235. The standard InChI is InChI=1S/C16H13FN4O3S/c1-21-7-6-16(24,15(21)23)5-4-9-2-3-11(17)10(8-9)13-19-14(12(18)22)25-20-13/h2-3,8,24H,6-7H2,1H3,(H2,18,22)/t16-/m0/s1. The van der Waals surface area contributed by atoms with E-state index in [0.29, 0.717) is 12.1 Å². The number of likely N-dealkylation sites (tertiary alicyclic amines) is 1. The molecule has 1 saturated heterocycles. The number of likely N-dealkylation sites (N-methyl/N-ethyl adjacent to an activating group) is 1. The summed E-state index contributed by atoms with van der Waals surface area (Å²) in [5.41, 5.74) is 3.81. The van der Waals surface area contributed by atoms with Crippen LogP contribution in [0.15, 0.2) is 18.2 Å². The van der Waals surface area contributed by atoms with E-state index in [9.17, 15) is 19.1 Å². The molecule has 1 aromatic heterocycles. The van der Waals surface area contributed by atoms with E-state index in [-0.39, 0.29) is 22.8 Å². The number of nitrogens with two attached hydrogens (primary N) is 1. The molecular formula is C16H13FN4O3S. The summed E-state index contributed by atoms with van der Waals surface area (Å²) >= 11 is 0.772. The van der Waals surface area contributed by atoms with Gasteiger partial charge in [0, 0.05) is 25.6 Å². The number of aromatic nitrogens is 2. The molecule has 128 valence electrons. The van der Waals surface area contributed by atoms with Gasteiger partial charge in [-0.15, -0.1) is 0 Å². The van der Waals surface area contributed by atoms with Gasteiger partial charge in [-0.3, -0.25) is 9.59 Å². The number of hydrogen-bond donors (Lipinski definition) is 2. The highest BCUT2D eigenvalue weighted by atomic mass is 32.1. The summed E-state index contributed by atoms with van der Waals surface area (Å²) in [5.74, 6) is 3.47. The molecule has 0 bridgehead atoms. The molecule has 2 heterocycles. The fourth-order valence-corrected chi connectivity index (χ4v) is 2.88. The first-order valence-corrected chi connectivity index (χ1v) is 8.02. The molecule has 1 aromatic carbocycles. The molecule has 0 spiro atoms. The van der Waals surface area contributed by atoms with Crippen molar-refractivity contribution < 1.29 is 19.1 Å². The Morgan fingerprint density at radius 2 is 2.28 bits per heavy atom. The van der Waals surface area contributed by atoms with Crippen molar-refractivity contribution in [2.75, 3.05) is 13.6 Å². The Balaban J connectivity index is 1.94. The second-order valence-corrected chi connectivity index (χ2v) is 6.32. The Hall–Kier alpha value is -2.83. The predicted octanol–water partition coefficient (Wildman–Crippen LogP) is 0.388. The molecule has 2 amide bonds. The van der Waals surface area contributed by atoms with E-state index < -0.39 is 23.2 Å². The molecule has 0 unspecified atom stereocenters. The van der Waals surface area contributed by atoms with E-state index >= 15 is 0 Å². The summed E-state index contributed by atoms with van der Waals surface area (Å²) in [4.78, 5) is 28.3. The third kappa shape index (κ3) is 3.22. The van der Waals surface area contributed by atoms with Crippen molar-refractivity contribution in [3.05, 3.63) is 34.6 Å². The van der Waals surface area contributed by atoms with Crippen molar-refractivity contribution in [1.29, 1.82) is 0 Å². The van der Waals surface area contributed by atoms with Crippen molar-refractivity contribution in [1.82, 2.24) is 14.3 Å². The summed E-state index contributed by atoms with van der Waals surface area (Å²) < 4.78 is 18.0. The summed E-state index contributed by atoms with van der Waals surface area (Å²) in [6.07, 6.45) is 0.207. The number of carbonyl (C=O) groups is 2. The fourth-order valence-electron chi connectivity index (χ4n) is 2.35. The highest BCUT2D eigenvalue weighted by Gasteiger charge is 2.42. The van der Waals surface area contributed by atoms with E-state index in [1.807, 2.05) is 0 Å². The smallest absolute Gasteiger partial charge is 0.279 e. The molecule has 1 aliphatic rings. The lowest BCUT2D eigenvalue weighted by atomic mass is 10.0. The van der Waals surface area contributed by atoms with Crippen LogP contribution in [0.5, 0.6) is 0 Å². The minimum Gasteiger partial charge on any atom is -0.369 e. The topological polar surface area (TPSA) is 109 Å². The van der Waals surface area contributed by atoms with Crippen LogP contribution in [0.2, 0.25) is 0 Å². The summed E-state index contributed by atoms with van der Waals surface area (Å²) in [7, 11) is 1.59. The maximum absolute atomic E-state index is 14.0. The molecule has 7 nitrogen and oxygen atoms in total. The maximum Gasteiger partial charge on any atom is 0.279 e. The third-order valence-electron chi connectivity index (χ3n) is 3.77. The van der Waals surface area contributed by atoms with Gasteiger partial charge in [-0.05, 0) is 29.7 Å². The molecule has 3 rings (SSSR count). The normalized spacial score (nSPS) is 19.6. The van der Waals surface area contributed by atoms with Gasteiger partial charge >= 0.3 is 0 Å². The molecular weight excluding hydrogens is 347 g/mol. The van der Waals surface area contributed by atoms with Crippen molar-refractivity contribution in [3.8, 4) is 23.2 Å². The lowest BCUT2D eigenvalue weighted by Crippen LogP contribution is -2.37. The zero-order valence-corrected chi connectivity index (χ0v) is 13.9. The van der Waals surface area contributed by atoms with Crippen LogP contribution in [-0.2, 0) is 4.79 Å². The Labute approximate surface area is 146 Å². The molecule has 0 aliphatic carbocycles. The summed E-state index contributed by atoms with van der Waals surface area (Å²) in [6, 6.07) is 3.98. The lowest BCUT2D eigenvalue weighted by molar-refractivity contribution is -0.137. The molecule has 3 N–H and O–H groups in total. The maximum atomic E-state index is 14.0. The van der Waals surface area contributed by atoms with Crippen LogP contribution in [0, 0.1) is 17.7 Å². The van der Waals surface area contributed by atoms with Crippen LogP contribution in [0.3, 0.4) is 0 Å². The molecule has 0 radical (unpaired) electrons. The molecule has 1 fully saturated rings. The second kappa shape index (κ2) is 6.23. The number of carbonyl (C=O) groups excluding carboxylic acids is 2. The zero-order valence-electron chi connectivity index (χ0n) is 13.1. The van der Waals surface area contributed by atoms with Gasteiger partial charge in [-0.1, -0.05) is 11.8 Å². The zero-order chi connectivity index (χ0) is 18.2. The number of primary amides is 1. The second-order valence-electron chi connectivity index (χ2n) is 5.57. The Kier molecular flexibility index (Phi) is 4.24. The van der Waals surface area contributed by atoms with Crippen molar-refractivity contribution >= 4 is 23.3 Å². The number of hydrogen-bond acceptors (Lipinski definition) is 6. The van der Waals surface area contributed by atoms with E-state index in [1.165, 1.54) is 23.1 Å². The van der Waals surface area contributed by atoms with Crippen LogP contribution in [0.4, 0.5) is 4.39 Å². The van der Waals surface area contributed by atoms with Gasteiger partial charge in [0.15, 0.2) is 5.82 Å². The van der Waals surface area contributed by atoms with E-state index in [0.717, 1.165) is 11.5 Å². The van der Waals surface area contributed by atoms with E-state index in [2.05, 4.69) is 21.2 Å². The Bertz CT molecular complexity index is 933. The molecule has 1 atom stereocenters. The predicted molar refractivity (Wildman–Crippen MR) is 87.9 cm³/mol. The van der Waals surface area contributed by atoms with Gasteiger partial charge in [-0.2, -0.15) is 4.37 Å². The van der Waals surface area contributed by atoms with Gasteiger partial charge in [0.05, 0.1) is 5.56 Å². The molecule has 25 heavy (non-hydrogen) atoms. The van der Waals surface area contributed by atoms with Crippen LogP contribution < -0.4 is 5.73 Å². The highest BCUT2D eigenvalue weighted by Crippen LogP contribution is 2.24. The van der Waals surface area contributed by atoms with Gasteiger partial charge in [0.1, 0.15) is 5.82 Å². The van der Waals surface area contributed by atoms with Crippen LogP contribution in [0.1, 0.15) is 21.8 Å². The lowest BCUT2D eigenvalue weighted by Gasteiger charge is -2.13. The minimum atomic E-state index is -1.73. The third-order valence-corrected chi connectivity index (χ3v) is 4.50. The van der Waals surface area contributed by atoms with Gasteiger partial charge < -0.3 is 15.7 Å². The number of halogens is 1. The monoisotopic (exact) mass is 360 g/mol. The SMILES string of the molecule is CN1CC[C@@](O)(C#Cc2ccc(F)c(-c3nsc(C(N)=O)n3)c2)C1=O. The van der Waals surface area contributed by atoms with Crippen molar-refractivity contribution in [2.24, 2.45) is 5.73 Å².